The number of aromatic nitrogens is 2. The Balaban J connectivity index is 2.23. The van der Waals surface area contributed by atoms with Gasteiger partial charge in [0.2, 0.25) is 0 Å². The molecule has 3 rings (SSSR count). The van der Waals surface area contributed by atoms with Gasteiger partial charge in [-0.3, -0.25) is 5.10 Å². The van der Waals surface area contributed by atoms with Crippen molar-refractivity contribution in [3.8, 4) is 23.1 Å². The number of ether oxygens (including phenoxy) is 1. The van der Waals surface area contributed by atoms with Crippen molar-refractivity contribution < 1.29 is 4.74 Å². The monoisotopic (exact) mass is 269 g/mol. The predicted octanol–water partition coefficient (Wildman–Crippen LogP) is 3.56. The molecule has 0 aliphatic rings. The molecule has 0 saturated heterocycles. The second kappa shape index (κ2) is 4.75. The average Bonchev–Trinajstić information content (AvgIpc) is 3.06. The highest BCUT2D eigenvalue weighted by Gasteiger charge is 2.13. The lowest BCUT2D eigenvalue weighted by atomic mass is 10.1. The molecule has 4 nitrogen and oxygen atoms in total. The minimum absolute atomic E-state index is 0.523. The number of thiophene rings is 1. The standard InChI is InChI=1S/C14H11N3OS/c1-2-18-13-6-11-12(5-10(13)7-15)16-17-14(11)9-3-4-19-8-9/h3-6,8H,2H2,1H3,(H,16,17). The van der Waals surface area contributed by atoms with Gasteiger partial charge in [0.15, 0.2) is 0 Å². The van der Waals surface area contributed by atoms with Crippen LogP contribution in [0.1, 0.15) is 12.5 Å². The first-order valence-corrected chi connectivity index (χ1v) is 6.85. The van der Waals surface area contributed by atoms with Crippen molar-refractivity contribution in [1.29, 1.82) is 5.26 Å². The number of aromatic amines is 1. The third-order valence-corrected chi connectivity index (χ3v) is 3.56. The van der Waals surface area contributed by atoms with E-state index in [2.05, 4.69) is 16.3 Å². The average molecular weight is 269 g/mol. The molecule has 5 heteroatoms. The molecule has 0 bridgehead atoms. The predicted molar refractivity (Wildman–Crippen MR) is 75.3 cm³/mol. The number of nitrogens with zero attached hydrogens (tertiary/aromatic N) is 2. The van der Waals surface area contributed by atoms with E-state index >= 15 is 0 Å². The van der Waals surface area contributed by atoms with Crippen molar-refractivity contribution >= 4 is 22.2 Å². The van der Waals surface area contributed by atoms with Gasteiger partial charge in [-0.25, -0.2) is 0 Å². The summed E-state index contributed by atoms with van der Waals surface area (Å²) in [6, 6.07) is 7.84. The summed E-state index contributed by atoms with van der Waals surface area (Å²) in [5.41, 5.74) is 3.33. The van der Waals surface area contributed by atoms with Gasteiger partial charge in [-0.1, -0.05) is 0 Å². The Morgan fingerprint density at radius 2 is 2.37 bits per heavy atom. The van der Waals surface area contributed by atoms with E-state index in [4.69, 9.17) is 10.00 Å². The van der Waals surface area contributed by atoms with E-state index in [1.807, 2.05) is 29.8 Å². The van der Waals surface area contributed by atoms with Gasteiger partial charge in [-0.2, -0.15) is 21.7 Å². The Kier molecular flexibility index (Phi) is 2.94. The molecule has 0 fully saturated rings. The molecule has 0 radical (unpaired) electrons. The minimum Gasteiger partial charge on any atom is -0.492 e. The number of rotatable bonds is 3. The van der Waals surface area contributed by atoms with Crippen LogP contribution in [0.25, 0.3) is 22.2 Å². The molecule has 0 atom stereocenters. The van der Waals surface area contributed by atoms with Gasteiger partial charge in [-0.05, 0) is 30.5 Å². The number of benzene rings is 1. The second-order valence-corrected chi connectivity index (χ2v) is 4.80. The van der Waals surface area contributed by atoms with Gasteiger partial charge < -0.3 is 4.74 Å². The number of hydrogen-bond donors (Lipinski definition) is 1. The summed E-state index contributed by atoms with van der Waals surface area (Å²) in [4.78, 5) is 0. The van der Waals surface area contributed by atoms with Crippen LogP contribution in [0.15, 0.2) is 29.0 Å². The zero-order chi connectivity index (χ0) is 13.2. The molecule has 0 unspecified atom stereocenters. The molecular weight excluding hydrogens is 258 g/mol. The van der Waals surface area contributed by atoms with Crippen molar-refractivity contribution in [2.75, 3.05) is 6.61 Å². The van der Waals surface area contributed by atoms with Gasteiger partial charge in [0, 0.05) is 16.3 Å². The van der Waals surface area contributed by atoms with E-state index in [-0.39, 0.29) is 0 Å². The number of H-pyrrole nitrogens is 1. The quantitative estimate of drug-likeness (QED) is 0.790. The van der Waals surface area contributed by atoms with Gasteiger partial charge >= 0.3 is 0 Å². The van der Waals surface area contributed by atoms with Crippen LogP contribution in [0.3, 0.4) is 0 Å². The summed E-state index contributed by atoms with van der Waals surface area (Å²) in [7, 11) is 0. The van der Waals surface area contributed by atoms with Gasteiger partial charge in [-0.15, -0.1) is 0 Å². The molecule has 1 aromatic carbocycles. The fourth-order valence-electron chi connectivity index (χ4n) is 2.03. The number of nitrogens with one attached hydrogen (secondary N) is 1. The fraction of sp³-hybridized carbons (Fsp3) is 0.143. The molecular formula is C14H11N3OS. The first-order chi connectivity index (χ1) is 9.33. The second-order valence-electron chi connectivity index (χ2n) is 4.02. The van der Waals surface area contributed by atoms with Crippen molar-refractivity contribution in [3.63, 3.8) is 0 Å². The summed E-state index contributed by atoms with van der Waals surface area (Å²) < 4.78 is 5.52. The molecule has 0 amide bonds. The van der Waals surface area contributed by atoms with Crippen molar-refractivity contribution in [3.05, 3.63) is 34.5 Å². The lowest BCUT2D eigenvalue weighted by Gasteiger charge is -2.05. The van der Waals surface area contributed by atoms with Gasteiger partial charge in [0.05, 0.1) is 17.7 Å². The van der Waals surface area contributed by atoms with Crippen LogP contribution in [0.4, 0.5) is 0 Å². The van der Waals surface area contributed by atoms with E-state index in [0.717, 1.165) is 22.2 Å². The summed E-state index contributed by atoms with van der Waals surface area (Å²) >= 11 is 1.63. The smallest absolute Gasteiger partial charge is 0.137 e. The van der Waals surface area contributed by atoms with Crippen LogP contribution in [0.5, 0.6) is 5.75 Å². The summed E-state index contributed by atoms with van der Waals surface area (Å²) in [5.74, 6) is 0.607. The maximum atomic E-state index is 9.13. The number of fused-ring (bicyclic) bond motifs is 1. The Hall–Kier alpha value is -2.32. The first-order valence-electron chi connectivity index (χ1n) is 5.91. The summed E-state index contributed by atoms with van der Waals surface area (Å²) in [6.07, 6.45) is 0. The molecule has 3 aromatic rings. The molecule has 0 spiro atoms. The molecule has 2 aromatic heterocycles. The molecule has 0 saturated carbocycles. The first kappa shape index (κ1) is 11.8. The molecule has 0 aliphatic carbocycles. The fourth-order valence-corrected chi connectivity index (χ4v) is 2.67. The molecule has 94 valence electrons. The maximum Gasteiger partial charge on any atom is 0.137 e. The minimum atomic E-state index is 0.523. The molecule has 1 N–H and O–H groups in total. The zero-order valence-corrected chi connectivity index (χ0v) is 11.1. The lowest BCUT2D eigenvalue weighted by molar-refractivity contribution is 0.340. The van der Waals surface area contributed by atoms with Crippen molar-refractivity contribution in [2.45, 2.75) is 6.92 Å². The van der Waals surface area contributed by atoms with Crippen LogP contribution in [-0.2, 0) is 0 Å². The van der Waals surface area contributed by atoms with E-state index in [0.29, 0.717) is 17.9 Å². The third kappa shape index (κ3) is 1.96. The Morgan fingerprint density at radius 1 is 1.47 bits per heavy atom. The molecule has 2 heterocycles. The highest BCUT2D eigenvalue weighted by Crippen LogP contribution is 2.32. The number of hydrogen-bond acceptors (Lipinski definition) is 4. The SMILES string of the molecule is CCOc1cc2c(-c3ccsc3)n[nH]c2cc1C#N. The third-order valence-electron chi connectivity index (χ3n) is 2.88. The Morgan fingerprint density at radius 3 is 3.05 bits per heavy atom. The zero-order valence-electron chi connectivity index (χ0n) is 10.3. The van der Waals surface area contributed by atoms with E-state index in [9.17, 15) is 0 Å². The molecule has 19 heavy (non-hydrogen) atoms. The van der Waals surface area contributed by atoms with E-state index in [1.54, 1.807) is 17.4 Å². The van der Waals surface area contributed by atoms with Crippen LogP contribution in [0, 0.1) is 11.3 Å². The Bertz CT molecular complexity index is 753. The van der Waals surface area contributed by atoms with Crippen LogP contribution < -0.4 is 4.74 Å². The normalized spacial score (nSPS) is 10.5. The maximum absolute atomic E-state index is 9.13. The number of nitriles is 1. The summed E-state index contributed by atoms with van der Waals surface area (Å²) in [6.45, 7) is 2.44. The van der Waals surface area contributed by atoms with Crippen LogP contribution >= 0.6 is 11.3 Å². The van der Waals surface area contributed by atoms with Crippen LogP contribution in [-0.4, -0.2) is 16.8 Å². The highest BCUT2D eigenvalue weighted by molar-refractivity contribution is 7.08. The van der Waals surface area contributed by atoms with Crippen molar-refractivity contribution in [1.82, 2.24) is 10.2 Å². The molecule has 0 aliphatic heterocycles. The largest absolute Gasteiger partial charge is 0.492 e. The van der Waals surface area contributed by atoms with E-state index < -0.39 is 0 Å². The van der Waals surface area contributed by atoms with Crippen molar-refractivity contribution in [2.24, 2.45) is 0 Å². The van der Waals surface area contributed by atoms with Crippen LogP contribution in [0.2, 0.25) is 0 Å². The highest BCUT2D eigenvalue weighted by atomic mass is 32.1. The van der Waals surface area contributed by atoms with Gasteiger partial charge in [0.1, 0.15) is 17.5 Å². The van der Waals surface area contributed by atoms with Gasteiger partial charge in [0.25, 0.3) is 0 Å². The van der Waals surface area contributed by atoms with E-state index in [1.165, 1.54) is 0 Å². The summed E-state index contributed by atoms with van der Waals surface area (Å²) in [5, 5.41) is 21.5. The topological polar surface area (TPSA) is 61.7 Å². The lowest BCUT2D eigenvalue weighted by Crippen LogP contribution is -1.94. The Labute approximate surface area is 114 Å².